The Kier molecular flexibility index (Phi) is 8.50. The van der Waals surface area contributed by atoms with Crippen LogP contribution in [0.2, 0.25) is 0 Å². The fourth-order valence-corrected chi connectivity index (χ4v) is 6.65. The number of likely N-dealkylation sites (tertiary alicyclic amines) is 1. The van der Waals surface area contributed by atoms with E-state index < -0.39 is 16.1 Å². The average Bonchev–Trinajstić information content (AvgIpc) is 3.46. The van der Waals surface area contributed by atoms with Crippen molar-refractivity contribution in [1.29, 1.82) is 0 Å². The van der Waals surface area contributed by atoms with E-state index in [9.17, 15) is 13.2 Å². The van der Waals surface area contributed by atoms with Crippen molar-refractivity contribution < 1.29 is 17.9 Å². The summed E-state index contributed by atoms with van der Waals surface area (Å²) >= 11 is 0. The third-order valence-electron chi connectivity index (χ3n) is 8.32. The van der Waals surface area contributed by atoms with E-state index in [1.54, 1.807) is 24.3 Å². The molecule has 1 aliphatic rings. The number of nitrogens with one attached hydrogen (secondary N) is 2. The van der Waals surface area contributed by atoms with Gasteiger partial charge in [0.25, 0.3) is 0 Å². The van der Waals surface area contributed by atoms with Gasteiger partial charge in [0.2, 0.25) is 10.0 Å². The van der Waals surface area contributed by atoms with Crippen LogP contribution in [0.25, 0.3) is 39.1 Å². The number of pyridine rings is 1. The molecule has 0 atom stereocenters. The number of hydrogen-bond acceptors (Lipinski definition) is 8. The van der Waals surface area contributed by atoms with E-state index in [2.05, 4.69) is 67.5 Å². The second kappa shape index (κ2) is 13.1. The van der Waals surface area contributed by atoms with Gasteiger partial charge < -0.3 is 4.74 Å². The molecular formula is C36H35N7O4S. The van der Waals surface area contributed by atoms with E-state index >= 15 is 0 Å². The highest BCUT2D eigenvalue weighted by atomic mass is 32.2. The van der Waals surface area contributed by atoms with Crippen LogP contribution in [0, 0.1) is 6.92 Å². The van der Waals surface area contributed by atoms with Crippen molar-refractivity contribution in [2.75, 3.05) is 29.4 Å². The lowest BCUT2D eigenvalue weighted by atomic mass is 9.97. The Morgan fingerprint density at radius 3 is 2.42 bits per heavy atom. The summed E-state index contributed by atoms with van der Waals surface area (Å²) in [7, 11) is -3.42. The van der Waals surface area contributed by atoms with Gasteiger partial charge in [-0.05, 0) is 55.2 Å². The quantitative estimate of drug-likeness (QED) is 0.189. The minimum absolute atomic E-state index is 0.198. The molecular weight excluding hydrogens is 627 g/mol. The highest BCUT2D eigenvalue weighted by Gasteiger charge is 2.23. The van der Waals surface area contributed by atoms with Gasteiger partial charge in [0, 0.05) is 54.1 Å². The van der Waals surface area contributed by atoms with Crippen molar-refractivity contribution in [1.82, 2.24) is 24.5 Å². The summed E-state index contributed by atoms with van der Waals surface area (Å²) in [6, 6.07) is 29.4. The van der Waals surface area contributed by atoms with Gasteiger partial charge >= 0.3 is 6.09 Å². The van der Waals surface area contributed by atoms with Crippen LogP contribution in [0.3, 0.4) is 0 Å². The third kappa shape index (κ3) is 7.14. The van der Waals surface area contributed by atoms with E-state index in [0.717, 1.165) is 83.5 Å². The fraction of sp³-hybridized carbons (Fsp3) is 0.222. The molecule has 7 rings (SSSR count). The van der Waals surface area contributed by atoms with Crippen LogP contribution in [0.5, 0.6) is 0 Å². The number of piperidine rings is 1. The number of carbonyl (C=O) groups is 1. The van der Waals surface area contributed by atoms with E-state index in [0.29, 0.717) is 11.4 Å². The monoisotopic (exact) mass is 661 g/mol. The van der Waals surface area contributed by atoms with Crippen LogP contribution in [0.1, 0.15) is 24.1 Å². The van der Waals surface area contributed by atoms with Gasteiger partial charge in [-0.2, -0.15) is 9.61 Å². The summed E-state index contributed by atoms with van der Waals surface area (Å²) < 4.78 is 32.9. The number of carbonyl (C=O) groups excluding carboxylic acids is 1. The molecule has 244 valence electrons. The Labute approximate surface area is 278 Å². The molecule has 2 N–H and O–H groups in total. The highest BCUT2D eigenvalue weighted by molar-refractivity contribution is 7.92. The van der Waals surface area contributed by atoms with E-state index in [1.807, 2.05) is 41.9 Å². The van der Waals surface area contributed by atoms with Crippen molar-refractivity contribution in [2.24, 2.45) is 0 Å². The first-order valence-electron chi connectivity index (χ1n) is 15.8. The molecule has 4 heterocycles. The first-order valence-corrected chi connectivity index (χ1v) is 17.6. The molecule has 0 spiro atoms. The molecule has 1 fully saturated rings. The van der Waals surface area contributed by atoms with Crippen LogP contribution in [-0.2, 0) is 21.3 Å². The van der Waals surface area contributed by atoms with Gasteiger partial charge in [-0.1, -0.05) is 60.7 Å². The molecule has 0 radical (unpaired) electrons. The Morgan fingerprint density at radius 2 is 1.67 bits per heavy atom. The van der Waals surface area contributed by atoms with Crippen molar-refractivity contribution in [3.8, 4) is 22.4 Å². The second-order valence-corrected chi connectivity index (χ2v) is 13.9. The van der Waals surface area contributed by atoms with Gasteiger partial charge in [-0.15, -0.1) is 0 Å². The maximum Gasteiger partial charge on any atom is 0.411 e. The van der Waals surface area contributed by atoms with Gasteiger partial charge in [-0.25, -0.2) is 23.2 Å². The zero-order valence-corrected chi connectivity index (χ0v) is 27.4. The number of fused-ring (bicyclic) bond motifs is 3. The first-order chi connectivity index (χ1) is 23.2. The number of anilines is 2. The summed E-state index contributed by atoms with van der Waals surface area (Å²) in [6.07, 6.45) is 3.62. The maximum atomic E-state index is 12.6. The molecule has 1 amide bonds. The number of ether oxygens (including phenoxy) is 1. The summed E-state index contributed by atoms with van der Waals surface area (Å²) in [5.74, 6) is 0. The maximum absolute atomic E-state index is 12.6. The zero-order valence-electron chi connectivity index (χ0n) is 26.6. The molecule has 3 aromatic carbocycles. The van der Waals surface area contributed by atoms with Crippen molar-refractivity contribution in [3.05, 3.63) is 108 Å². The highest BCUT2D eigenvalue weighted by Crippen LogP contribution is 2.34. The second-order valence-electron chi connectivity index (χ2n) is 12.1. The molecule has 11 nitrogen and oxygen atoms in total. The molecule has 0 bridgehead atoms. The number of amides is 1. The fourth-order valence-electron chi connectivity index (χ4n) is 6.10. The lowest BCUT2D eigenvalue weighted by Gasteiger charge is -2.31. The van der Waals surface area contributed by atoms with Gasteiger partial charge in [0.05, 0.1) is 23.3 Å². The molecule has 3 aromatic heterocycles. The summed E-state index contributed by atoms with van der Waals surface area (Å²) in [6.45, 7) is 4.33. The van der Waals surface area contributed by atoms with E-state index in [1.165, 1.54) is 5.56 Å². The minimum Gasteiger partial charge on any atom is -0.446 e. The lowest BCUT2D eigenvalue weighted by molar-refractivity contribution is 0.0567. The standard InChI is InChI=1S/C36H35N7O4S/c1-24-19-33-37-22-28-20-32(26-7-4-3-5-8-26)34(39-35(28)43(33)40-24)27-13-11-25(12-14-27)23-42-17-15-31(16-18-42)47-36(44)38-29-9-6-10-30(21-29)41-48(2,45)46/h3-14,19-22,31,41H,15-18,23H2,1-2H3,(H,38,44). The SMILES string of the molecule is Cc1cc2ncc3cc(-c4ccccc4)c(-c4ccc(CN5CCC(OC(=O)Nc6cccc(NS(C)(=O)=O)c6)CC5)cc4)nc3n2n1. The van der Waals surface area contributed by atoms with Crippen LogP contribution in [-0.4, -0.2) is 64.4 Å². The normalized spacial score (nSPS) is 14.3. The summed E-state index contributed by atoms with van der Waals surface area (Å²) in [5, 5.41) is 8.26. The molecule has 0 aliphatic carbocycles. The van der Waals surface area contributed by atoms with Gasteiger partial charge in [-0.3, -0.25) is 14.9 Å². The zero-order chi connectivity index (χ0) is 33.3. The van der Waals surface area contributed by atoms with Gasteiger partial charge in [0.15, 0.2) is 11.3 Å². The predicted molar refractivity (Wildman–Crippen MR) is 187 cm³/mol. The number of sulfonamides is 1. The first kappa shape index (κ1) is 31.3. The van der Waals surface area contributed by atoms with E-state index in [4.69, 9.17) is 9.72 Å². The Balaban J connectivity index is 1.01. The van der Waals surface area contributed by atoms with Crippen LogP contribution < -0.4 is 10.0 Å². The van der Waals surface area contributed by atoms with Crippen LogP contribution >= 0.6 is 0 Å². The molecule has 6 aromatic rings. The molecule has 48 heavy (non-hydrogen) atoms. The minimum atomic E-state index is -3.42. The third-order valence-corrected chi connectivity index (χ3v) is 8.93. The molecule has 0 unspecified atom stereocenters. The van der Waals surface area contributed by atoms with Crippen molar-refractivity contribution in [2.45, 2.75) is 32.4 Å². The number of rotatable bonds is 8. The topological polar surface area (TPSA) is 131 Å². The van der Waals surface area contributed by atoms with Crippen LogP contribution in [0.4, 0.5) is 16.2 Å². The van der Waals surface area contributed by atoms with E-state index in [-0.39, 0.29) is 6.10 Å². The predicted octanol–water partition coefficient (Wildman–Crippen LogP) is 6.50. The Hall–Kier alpha value is -5.33. The lowest BCUT2D eigenvalue weighted by Crippen LogP contribution is -2.38. The van der Waals surface area contributed by atoms with Crippen molar-refractivity contribution in [3.63, 3.8) is 0 Å². The summed E-state index contributed by atoms with van der Waals surface area (Å²) in [4.78, 5) is 24.7. The number of aromatic nitrogens is 4. The van der Waals surface area contributed by atoms with Gasteiger partial charge in [0.1, 0.15) is 6.10 Å². The average molecular weight is 662 g/mol. The van der Waals surface area contributed by atoms with Crippen molar-refractivity contribution >= 4 is 44.2 Å². The summed E-state index contributed by atoms with van der Waals surface area (Å²) in [5.41, 5.74) is 8.45. The number of aryl methyl sites for hydroxylation is 1. The smallest absolute Gasteiger partial charge is 0.411 e. The Bertz CT molecular complexity index is 2210. The molecule has 1 aliphatic heterocycles. The molecule has 1 saturated heterocycles. The molecule has 12 heteroatoms. The number of hydrogen-bond donors (Lipinski definition) is 2. The number of benzene rings is 3. The largest absolute Gasteiger partial charge is 0.446 e. The Morgan fingerprint density at radius 1 is 0.917 bits per heavy atom. The van der Waals surface area contributed by atoms with Crippen LogP contribution in [0.15, 0.2) is 97.2 Å². The molecule has 0 saturated carbocycles. The number of nitrogens with zero attached hydrogens (tertiary/aromatic N) is 5.